The standard InChI is InChI=1S/C12H16O5/c1-2-16-11(14)9-7-5-3-4-6-8(13)10(7)17-12(9)15/h7,9-10H,2-6H2,1H3. The van der Waals surface area contributed by atoms with Gasteiger partial charge >= 0.3 is 11.9 Å². The highest BCUT2D eigenvalue weighted by atomic mass is 16.6. The molecule has 0 aromatic heterocycles. The third-order valence-electron chi connectivity index (χ3n) is 3.38. The van der Waals surface area contributed by atoms with Gasteiger partial charge in [0.1, 0.15) is 0 Å². The molecule has 5 nitrogen and oxygen atoms in total. The molecule has 94 valence electrons. The fraction of sp³-hybridized carbons (Fsp3) is 0.750. The summed E-state index contributed by atoms with van der Waals surface area (Å²) in [6.45, 7) is 1.92. The van der Waals surface area contributed by atoms with E-state index < -0.39 is 24.0 Å². The van der Waals surface area contributed by atoms with E-state index in [-0.39, 0.29) is 18.3 Å². The van der Waals surface area contributed by atoms with E-state index in [9.17, 15) is 14.4 Å². The smallest absolute Gasteiger partial charge is 0.321 e. The molecule has 1 heterocycles. The van der Waals surface area contributed by atoms with Gasteiger partial charge in [0.2, 0.25) is 0 Å². The van der Waals surface area contributed by atoms with Gasteiger partial charge in [0.05, 0.1) is 6.61 Å². The lowest BCUT2D eigenvalue weighted by atomic mass is 9.86. The number of rotatable bonds is 2. The van der Waals surface area contributed by atoms with E-state index in [2.05, 4.69) is 0 Å². The van der Waals surface area contributed by atoms with Crippen molar-refractivity contribution in [1.29, 1.82) is 0 Å². The van der Waals surface area contributed by atoms with Crippen LogP contribution in [0, 0.1) is 11.8 Å². The van der Waals surface area contributed by atoms with Gasteiger partial charge in [-0.15, -0.1) is 0 Å². The summed E-state index contributed by atoms with van der Waals surface area (Å²) in [5, 5.41) is 0. The minimum Gasteiger partial charge on any atom is -0.465 e. The van der Waals surface area contributed by atoms with Crippen LogP contribution in [0.2, 0.25) is 0 Å². The molecule has 0 aromatic carbocycles. The first-order valence-corrected chi connectivity index (χ1v) is 6.05. The summed E-state index contributed by atoms with van der Waals surface area (Å²) in [4.78, 5) is 35.1. The molecule has 3 atom stereocenters. The van der Waals surface area contributed by atoms with Gasteiger partial charge in [-0.25, -0.2) is 0 Å². The first-order chi connectivity index (χ1) is 8.15. The van der Waals surface area contributed by atoms with Crippen molar-refractivity contribution in [1.82, 2.24) is 0 Å². The average molecular weight is 240 g/mol. The number of Topliss-reactive ketones (excluding diaryl/α,β-unsaturated/α-hetero) is 1. The molecule has 3 unspecified atom stereocenters. The van der Waals surface area contributed by atoms with E-state index in [1.165, 1.54) is 0 Å². The molecule has 1 saturated carbocycles. The maximum absolute atomic E-state index is 11.7. The van der Waals surface area contributed by atoms with Crippen molar-refractivity contribution in [3.05, 3.63) is 0 Å². The lowest BCUT2D eigenvalue weighted by molar-refractivity contribution is -0.157. The number of carbonyl (C=O) groups excluding carboxylic acids is 3. The molecule has 2 rings (SSSR count). The van der Waals surface area contributed by atoms with E-state index in [0.29, 0.717) is 12.8 Å². The number of fused-ring (bicyclic) bond motifs is 1. The van der Waals surface area contributed by atoms with Crippen LogP contribution in [0.15, 0.2) is 0 Å². The summed E-state index contributed by atoms with van der Waals surface area (Å²) in [7, 11) is 0. The van der Waals surface area contributed by atoms with Crippen LogP contribution < -0.4 is 0 Å². The fourth-order valence-corrected chi connectivity index (χ4v) is 2.58. The molecule has 17 heavy (non-hydrogen) atoms. The first-order valence-electron chi connectivity index (χ1n) is 6.05. The molecule has 0 aromatic rings. The fourth-order valence-electron chi connectivity index (χ4n) is 2.58. The number of esters is 2. The summed E-state index contributed by atoms with van der Waals surface area (Å²) in [5.41, 5.74) is 0. The quantitative estimate of drug-likeness (QED) is 0.528. The number of ketones is 1. The van der Waals surface area contributed by atoms with Crippen molar-refractivity contribution in [2.45, 2.75) is 38.7 Å². The van der Waals surface area contributed by atoms with Gasteiger partial charge in [0, 0.05) is 12.3 Å². The summed E-state index contributed by atoms with van der Waals surface area (Å²) in [5.74, 6) is -2.44. The van der Waals surface area contributed by atoms with E-state index in [1.807, 2.05) is 0 Å². The van der Waals surface area contributed by atoms with Gasteiger partial charge in [-0.2, -0.15) is 0 Å². The second-order valence-electron chi connectivity index (χ2n) is 4.46. The van der Waals surface area contributed by atoms with Crippen molar-refractivity contribution in [2.75, 3.05) is 6.61 Å². The Morgan fingerprint density at radius 3 is 2.88 bits per heavy atom. The molecule has 1 aliphatic heterocycles. The predicted molar refractivity (Wildman–Crippen MR) is 57.0 cm³/mol. The topological polar surface area (TPSA) is 69.7 Å². The van der Waals surface area contributed by atoms with Crippen molar-refractivity contribution in [3.63, 3.8) is 0 Å². The summed E-state index contributed by atoms with van der Waals surface area (Å²) in [6, 6.07) is 0. The number of carbonyl (C=O) groups is 3. The molecule has 0 radical (unpaired) electrons. The Morgan fingerprint density at radius 2 is 2.18 bits per heavy atom. The first kappa shape index (κ1) is 12.1. The van der Waals surface area contributed by atoms with E-state index in [4.69, 9.17) is 9.47 Å². The van der Waals surface area contributed by atoms with Gasteiger partial charge in [0.15, 0.2) is 17.8 Å². The van der Waals surface area contributed by atoms with Crippen LogP contribution in [0.3, 0.4) is 0 Å². The zero-order chi connectivity index (χ0) is 12.4. The van der Waals surface area contributed by atoms with Crippen LogP contribution in [-0.4, -0.2) is 30.4 Å². The second kappa shape index (κ2) is 4.85. The average Bonchev–Trinajstić information content (AvgIpc) is 2.52. The monoisotopic (exact) mass is 240 g/mol. The van der Waals surface area contributed by atoms with Gasteiger partial charge in [-0.1, -0.05) is 6.42 Å². The summed E-state index contributed by atoms with van der Waals surface area (Å²) < 4.78 is 9.92. The summed E-state index contributed by atoms with van der Waals surface area (Å²) in [6.07, 6.45) is 2.04. The Balaban J connectivity index is 2.19. The van der Waals surface area contributed by atoms with Gasteiger partial charge in [-0.3, -0.25) is 14.4 Å². The Kier molecular flexibility index (Phi) is 3.45. The predicted octanol–water partition coefficient (Wildman–Crippen LogP) is 0.850. The third kappa shape index (κ3) is 2.18. The van der Waals surface area contributed by atoms with Crippen molar-refractivity contribution >= 4 is 17.7 Å². The Bertz CT molecular complexity index is 349. The minimum absolute atomic E-state index is 0.0624. The normalized spacial score (nSPS) is 32.6. The number of ether oxygens (including phenoxy) is 2. The van der Waals surface area contributed by atoms with E-state index >= 15 is 0 Å². The van der Waals surface area contributed by atoms with Crippen LogP contribution >= 0.6 is 0 Å². The lowest BCUT2D eigenvalue weighted by Crippen LogP contribution is -2.31. The van der Waals surface area contributed by atoms with Crippen molar-refractivity contribution in [2.24, 2.45) is 11.8 Å². The molecular weight excluding hydrogens is 224 g/mol. The molecule has 0 bridgehead atoms. The second-order valence-corrected chi connectivity index (χ2v) is 4.46. The van der Waals surface area contributed by atoms with Gasteiger partial charge < -0.3 is 9.47 Å². The molecule has 2 aliphatic rings. The van der Waals surface area contributed by atoms with E-state index in [0.717, 1.165) is 12.8 Å². The lowest BCUT2D eigenvalue weighted by Gasteiger charge is -2.15. The third-order valence-corrected chi connectivity index (χ3v) is 3.38. The zero-order valence-corrected chi connectivity index (χ0v) is 9.81. The highest BCUT2D eigenvalue weighted by Crippen LogP contribution is 2.36. The highest BCUT2D eigenvalue weighted by molar-refractivity contribution is 6.00. The number of hydrogen-bond acceptors (Lipinski definition) is 5. The van der Waals surface area contributed by atoms with E-state index in [1.54, 1.807) is 6.92 Å². The Morgan fingerprint density at radius 1 is 1.41 bits per heavy atom. The maximum Gasteiger partial charge on any atom is 0.321 e. The molecule has 2 fully saturated rings. The SMILES string of the molecule is CCOC(=O)C1C(=O)OC2C(=O)CCCCC21. The minimum atomic E-state index is -0.901. The van der Waals surface area contributed by atoms with Crippen molar-refractivity contribution in [3.8, 4) is 0 Å². The Hall–Kier alpha value is -1.39. The maximum atomic E-state index is 11.7. The van der Waals surface area contributed by atoms with Gasteiger partial charge in [-0.05, 0) is 19.8 Å². The van der Waals surface area contributed by atoms with Gasteiger partial charge in [0.25, 0.3) is 0 Å². The highest BCUT2D eigenvalue weighted by Gasteiger charge is 2.52. The number of hydrogen-bond donors (Lipinski definition) is 0. The van der Waals surface area contributed by atoms with Crippen LogP contribution in [0.5, 0.6) is 0 Å². The largest absolute Gasteiger partial charge is 0.465 e. The Labute approximate surface area is 99.5 Å². The molecule has 5 heteroatoms. The molecule has 0 amide bonds. The van der Waals surface area contributed by atoms with Crippen LogP contribution in [-0.2, 0) is 23.9 Å². The van der Waals surface area contributed by atoms with Crippen LogP contribution in [0.4, 0.5) is 0 Å². The molecular formula is C12H16O5. The zero-order valence-electron chi connectivity index (χ0n) is 9.81. The summed E-state index contributed by atoms with van der Waals surface area (Å²) >= 11 is 0. The van der Waals surface area contributed by atoms with Crippen molar-refractivity contribution < 1.29 is 23.9 Å². The van der Waals surface area contributed by atoms with Crippen LogP contribution in [0.25, 0.3) is 0 Å². The molecule has 0 N–H and O–H groups in total. The molecule has 1 aliphatic carbocycles. The molecule has 1 saturated heterocycles. The van der Waals surface area contributed by atoms with Crippen LogP contribution in [0.1, 0.15) is 32.6 Å². The molecule has 0 spiro atoms.